The molecule has 2 aromatic heterocycles. The molecule has 1 aliphatic rings. The zero-order valence-corrected chi connectivity index (χ0v) is 10.2. The van der Waals surface area contributed by atoms with Crippen molar-refractivity contribution in [1.29, 1.82) is 0 Å². The zero-order valence-electron chi connectivity index (χ0n) is 10.2. The number of nitrogens with zero attached hydrogens (tertiary/aromatic N) is 3. The predicted octanol–water partition coefficient (Wildman–Crippen LogP) is 2.12. The van der Waals surface area contributed by atoms with E-state index in [-0.39, 0.29) is 5.92 Å². The van der Waals surface area contributed by atoms with E-state index in [4.69, 9.17) is 9.26 Å². The summed E-state index contributed by atoms with van der Waals surface area (Å²) >= 11 is 0. The maximum Gasteiger partial charge on any atom is 0.293 e. The number of H-pyrrole nitrogens is 1. The molecular weight excluding hydrogens is 244 g/mol. The second-order valence-corrected chi connectivity index (χ2v) is 4.62. The van der Waals surface area contributed by atoms with Crippen LogP contribution in [0.2, 0.25) is 0 Å². The van der Waals surface area contributed by atoms with E-state index in [1.165, 1.54) is 0 Å². The number of ether oxygens (including phenoxy) is 1. The van der Waals surface area contributed by atoms with Crippen LogP contribution in [0.5, 0.6) is 0 Å². The Hall–Kier alpha value is -2.21. The van der Waals surface area contributed by atoms with E-state index >= 15 is 0 Å². The molecule has 1 fully saturated rings. The summed E-state index contributed by atoms with van der Waals surface area (Å²) in [6.07, 6.45) is 0.944. The van der Waals surface area contributed by atoms with E-state index in [1.807, 2.05) is 24.3 Å². The molecule has 0 aliphatic carbocycles. The molecule has 6 nitrogen and oxygen atoms in total. The lowest BCUT2D eigenvalue weighted by Gasteiger charge is -1.97. The maximum atomic E-state index is 5.33. The molecule has 0 bridgehead atoms. The zero-order chi connectivity index (χ0) is 12.7. The molecule has 1 saturated heterocycles. The molecular formula is C13H12N4O2. The van der Waals surface area contributed by atoms with E-state index in [0.717, 1.165) is 24.1 Å². The molecule has 1 unspecified atom stereocenters. The molecule has 96 valence electrons. The topological polar surface area (TPSA) is 76.8 Å². The molecule has 0 amide bonds. The van der Waals surface area contributed by atoms with E-state index in [0.29, 0.717) is 24.1 Å². The molecule has 0 saturated carbocycles. The second-order valence-electron chi connectivity index (χ2n) is 4.62. The van der Waals surface area contributed by atoms with Crippen molar-refractivity contribution in [3.05, 3.63) is 30.1 Å². The standard InChI is InChI=1S/C13H12N4O2/c1-2-4-10-9(3-1)14-12(15-10)13-16-11(17-19-13)8-5-6-18-7-8/h1-4,8H,5-7H2,(H,14,15). The van der Waals surface area contributed by atoms with Crippen LogP contribution in [0.15, 0.2) is 28.8 Å². The molecule has 0 radical (unpaired) electrons. The van der Waals surface area contributed by atoms with E-state index in [1.54, 1.807) is 0 Å². The number of hydrogen-bond acceptors (Lipinski definition) is 5. The number of nitrogens with one attached hydrogen (secondary N) is 1. The normalized spacial score (nSPS) is 19.3. The van der Waals surface area contributed by atoms with Crippen LogP contribution in [0, 0.1) is 0 Å². The number of rotatable bonds is 2. The van der Waals surface area contributed by atoms with Gasteiger partial charge < -0.3 is 14.2 Å². The van der Waals surface area contributed by atoms with Crippen molar-refractivity contribution < 1.29 is 9.26 Å². The quantitative estimate of drug-likeness (QED) is 0.760. The van der Waals surface area contributed by atoms with Gasteiger partial charge in [-0.05, 0) is 18.6 Å². The minimum atomic E-state index is 0.238. The Morgan fingerprint density at radius 2 is 2.16 bits per heavy atom. The first-order valence-electron chi connectivity index (χ1n) is 6.26. The Balaban J connectivity index is 1.71. The van der Waals surface area contributed by atoms with Crippen LogP contribution in [0.1, 0.15) is 18.2 Å². The van der Waals surface area contributed by atoms with Crippen molar-refractivity contribution in [2.24, 2.45) is 0 Å². The summed E-state index contributed by atoms with van der Waals surface area (Å²) in [5, 5.41) is 4.02. The van der Waals surface area contributed by atoms with Crippen molar-refractivity contribution in [2.75, 3.05) is 13.2 Å². The largest absolute Gasteiger partial charge is 0.381 e. The van der Waals surface area contributed by atoms with Gasteiger partial charge in [-0.15, -0.1) is 0 Å². The Morgan fingerprint density at radius 1 is 1.21 bits per heavy atom. The highest BCUT2D eigenvalue weighted by molar-refractivity contribution is 5.77. The Morgan fingerprint density at radius 3 is 3.00 bits per heavy atom. The molecule has 3 aromatic rings. The SMILES string of the molecule is c1ccc2[nH]c(-c3nc(C4CCOC4)no3)nc2c1. The van der Waals surface area contributed by atoms with Crippen LogP contribution >= 0.6 is 0 Å². The maximum absolute atomic E-state index is 5.33. The number of imidazole rings is 1. The van der Waals surface area contributed by atoms with Gasteiger partial charge in [-0.25, -0.2) is 4.98 Å². The van der Waals surface area contributed by atoms with Gasteiger partial charge in [-0.3, -0.25) is 0 Å². The Labute approximate surface area is 108 Å². The third-order valence-electron chi connectivity index (χ3n) is 3.33. The van der Waals surface area contributed by atoms with Gasteiger partial charge in [0.2, 0.25) is 0 Å². The van der Waals surface area contributed by atoms with Gasteiger partial charge in [0.1, 0.15) is 0 Å². The summed E-state index contributed by atoms with van der Waals surface area (Å²) in [4.78, 5) is 12.0. The van der Waals surface area contributed by atoms with Crippen LogP contribution in [0.3, 0.4) is 0 Å². The lowest BCUT2D eigenvalue weighted by Crippen LogP contribution is -1.99. The molecule has 1 aliphatic heterocycles. The monoisotopic (exact) mass is 256 g/mol. The number of aromatic nitrogens is 4. The molecule has 1 atom stereocenters. The van der Waals surface area contributed by atoms with Crippen molar-refractivity contribution in [3.8, 4) is 11.7 Å². The molecule has 0 spiro atoms. The lowest BCUT2D eigenvalue weighted by molar-refractivity contribution is 0.192. The number of fused-ring (bicyclic) bond motifs is 1. The number of aromatic amines is 1. The summed E-state index contributed by atoms with van der Waals surface area (Å²) in [6.45, 7) is 1.43. The molecule has 19 heavy (non-hydrogen) atoms. The highest BCUT2D eigenvalue weighted by Crippen LogP contribution is 2.25. The van der Waals surface area contributed by atoms with Crippen LogP contribution in [0.4, 0.5) is 0 Å². The Kier molecular flexibility index (Phi) is 2.34. The first-order valence-corrected chi connectivity index (χ1v) is 6.26. The first kappa shape index (κ1) is 10.7. The summed E-state index contributed by atoms with van der Waals surface area (Å²) in [5.41, 5.74) is 1.85. The fraction of sp³-hybridized carbons (Fsp3) is 0.308. The van der Waals surface area contributed by atoms with Crippen molar-refractivity contribution in [3.63, 3.8) is 0 Å². The van der Waals surface area contributed by atoms with Crippen molar-refractivity contribution in [1.82, 2.24) is 20.1 Å². The van der Waals surface area contributed by atoms with Gasteiger partial charge in [0.25, 0.3) is 5.89 Å². The fourth-order valence-corrected chi connectivity index (χ4v) is 2.29. The summed E-state index contributed by atoms with van der Waals surface area (Å²) in [5.74, 6) is 1.98. The van der Waals surface area contributed by atoms with Crippen LogP contribution in [-0.4, -0.2) is 33.3 Å². The van der Waals surface area contributed by atoms with Gasteiger partial charge in [-0.1, -0.05) is 17.3 Å². The molecule has 1 N–H and O–H groups in total. The van der Waals surface area contributed by atoms with E-state index in [2.05, 4.69) is 20.1 Å². The van der Waals surface area contributed by atoms with Crippen LogP contribution in [-0.2, 0) is 4.74 Å². The molecule has 1 aromatic carbocycles. The summed E-state index contributed by atoms with van der Waals surface area (Å²) < 4.78 is 10.6. The smallest absolute Gasteiger partial charge is 0.293 e. The Bertz CT molecular complexity index is 679. The molecule has 6 heteroatoms. The van der Waals surface area contributed by atoms with Gasteiger partial charge in [0, 0.05) is 12.5 Å². The minimum absolute atomic E-state index is 0.238. The number of benzene rings is 1. The second kappa shape index (κ2) is 4.17. The van der Waals surface area contributed by atoms with Gasteiger partial charge in [0.15, 0.2) is 11.6 Å². The predicted molar refractivity (Wildman–Crippen MR) is 67.6 cm³/mol. The number of para-hydroxylation sites is 2. The highest BCUT2D eigenvalue weighted by Gasteiger charge is 2.24. The van der Waals surface area contributed by atoms with Gasteiger partial charge in [-0.2, -0.15) is 4.98 Å². The summed E-state index contributed by atoms with van der Waals surface area (Å²) in [6, 6.07) is 7.81. The minimum Gasteiger partial charge on any atom is -0.381 e. The average Bonchev–Trinajstić information content (AvgIpc) is 3.17. The fourth-order valence-electron chi connectivity index (χ4n) is 2.29. The molecule has 4 rings (SSSR count). The highest BCUT2D eigenvalue weighted by atomic mass is 16.5. The summed E-state index contributed by atoms with van der Waals surface area (Å²) in [7, 11) is 0. The lowest BCUT2D eigenvalue weighted by atomic mass is 10.1. The van der Waals surface area contributed by atoms with Gasteiger partial charge >= 0.3 is 0 Å². The van der Waals surface area contributed by atoms with E-state index < -0.39 is 0 Å². The van der Waals surface area contributed by atoms with Crippen LogP contribution < -0.4 is 0 Å². The van der Waals surface area contributed by atoms with E-state index in [9.17, 15) is 0 Å². The van der Waals surface area contributed by atoms with Crippen molar-refractivity contribution in [2.45, 2.75) is 12.3 Å². The van der Waals surface area contributed by atoms with Crippen LogP contribution in [0.25, 0.3) is 22.7 Å². The third-order valence-corrected chi connectivity index (χ3v) is 3.33. The average molecular weight is 256 g/mol. The molecule has 3 heterocycles. The van der Waals surface area contributed by atoms with Gasteiger partial charge in [0.05, 0.1) is 17.6 Å². The number of hydrogen-bond donors (Lipinski definition) is 1. The first-order chi connectivity index (χ1) is 9.40. The third kappa shape index (κ3) is 1.80. The van der Waals surface area contributed by atoms with Crippen molar-refractivity contribution >= 4 is 11.0 Å².